The number of hydrogen-bond donors (Lipinski definition) is 2. The number of carbonyl (C=O) groups excluding carboxylic acids is 1. The van der Waals surface area contributed by atoms with Gasteiger partial charge in [-0.05, 0) is 43.9 Å². The number of anilines is 2. The molecule has 32 heavy (non-hydrogen) atoms. The molecule has 5 rings (SSSR count). The van der Waals surface area contributed by atoms with Crippen LogP contribution in [0.4, 0.5) is 11.4 Å². The zero-order valence-corrected chi connectivity index (χ0v) is 18.9. The van der Waals surface area contributed by atoms with Gasteiger partial charge in [0.15, 0.2) is 5.75 Å². The first-order valence-electron chi connectivity index (χ1n) is 11.6. The molecule has 0 atom stereocenters. The monoisotopic (exact) mass is 455 g/mol. The Hall–Kier alpha value is -2.58. The first-order valence-corrected chi connectivity index (χ1v) is 13.0. The lowest BCUT2D eigenvalue weighted by Crippen LogP contribution is -2.36. The number of carbonyl (C=O) groups is 1. The van der Waals surface area contributed by atoms with E-state index in [1.807, 2.05) is 12.1 Å². The minimum Gasteiger partial charge on any atom is -0.454 e. The van der Waals surface area contributed by atoms with Gasteiger partial charge in [0, 0.05) is 25.2 Å². The van der Waals surface area contributed by atoms with Gasteiger partial charge in [0.2, 0.25) is 10.0 Å². The summed E-state index contributed by atoms with van der Waals surface area (Å²) in [6.45, 7) is 1.02. The van der Waals surface area contributed by atoms with Crippen molar-refractivity contribution in [1.29, 1.82) is 0 Å². The molecule has 2 heterocycles. The number of amides is 1. The third-order valence-electron chi connectivity index (χ3n) is 6.58. The van der Waals surface area contributed by atoms with Crippen LogP contribution in [0.25, 0.3) is 0 Å². The summed E-state index contributed by atoms with van der Waals surface area (Å²) in [5.41, 5.74) is 1.32. The van der Waals surface area contributed by atoms with Gasteiger partial charge in [0.25, 0.3) is 5.91 Å². The van der Waals surface area contributed by atoms with Gasteiger partial charge in [0.1, 0.15) is 10.6 Å². The molecule has 2 aromatic rings. The van der Waals surface area contributed by atoms with Crippen LogP contribution in [0.1, 0.15) is 61.7 Å². The smallest absolute Gasteiger partial charge is 0.259 e. The van der Waals surface area contributed by atoms with E-state index in [9.17, 15) is 13.2 Å². The Kier molecular flexibility index (Phi) is 5.82. The van der Waals surface area contributed by atoms with Crippen molar-refractivity contribution in [1.82, 2.24) is 4.31 Å². The predicted molar refractivity (Wildman–Crippen MR) is 124 cm³/mol. The molecule has 1 saturated heterocycles. The molecule has 0 unspecified atom stereocenters. The van der Waals surface area contributed by atoms with Crippen LogP contribution in [0.5, 0.6) is 11.5 Å². The van der Waals surface area contributed by atoms with Gasteiger partial charge in [-0.2, -0.15) is 4.31 Å². The SMILES string of the molecule is O=C1Nc2ccccc2Oc2cc(NC3CCCCC3)c(S(=O)(=O)N3CCCCC3)cc21. The lowest BCUT2D eigenvalue weighted by Gasteiger charge is -2.29. The van der Waals surface area contributed by atoms with Crippen LogP contribution >= 0.6 is 0 Å². The third kappa shape index (κ3) is 4.09. The second-order valence-corrected chi connectivity index (χ2v) is 10.7. The van der Waals surface area contributed by atoms with Crippen LogP contribution < -0.4 is 15.4 Å². The van der Waals surface area contributed by atoms with Crippen LogP contribution in [-0.4, -0.2) is 37.8 Å². The van der Waals surface area contributed by atoms with Gasteiger partial charge >= 0.3 is 0 Å². The number of nitrogens with one attached hydrogen (secondary N) is 2. The Balaban J connectivity index is 1.60. The molecular weight excluding hydrogens is 426 g/mol. The Morgan fingerprint density at radius 2 is 1.66 bits per heavy atom. The van der Waals surface area contributed by atoms with E-state index in [1.165, 1.54) is 12.5 Å². The molecule has 0 radical (unpaired) electrons. The van der Waals surface area contributed by atoms with E-state index in [4.69, 9.17) is 4.74 Å². The van der Waals surface area contributed by atoms with Crippen molar-refractivity contribution in [3.63, 3.8) is 0 Å². The van der Waals surface area contributed by atoms with Crippen molar-refractivity contribution in [3.05, 3.63) is 42.0 Å². The molecule has 0 aromatic heterocycles. The summed E-state index contributed by atoms with van der Waals surface area (Å²) in [4.78, 5) is 13.2. The Bertz CT molecular complexity index is 1120. The van der Waals surface area contributed by atoms with Gasteiger partial charge in [-0.25, -0.2) is 8.42 Å². The molecule has 1 aliphatic carbocycles. The predicted octanol–water partition coefficient (Wildman–Crippen LogP) is 4.96. The molecule has 0 spiro atoms. The first-order chi connectivity index (χ1) is 15.5. The molecule has 8 heteroatoms. The Morgan fingerprint density at radius 1 is 0.938 bits per heavy atom. The first kappa shape index (κ1) is 21.3. The van der Waals surface area contributed by atoms with Crippen molar-refractivity contribution in [2.75, 3.05) is 23.7 Å². The van der Waals surface area contributed by atoms with Gasteiger partial charge in [-0.15, -0.1) is 0 Å². The van der Waals surface area contributed by atoms with E-state index >= 15 is 0 Å². The zero-order chi connectivity index (χ0) is 22.1. The maximum atomic E-state index is 13.7. The topological polar surface area (TPSA) is 87.7 Å². The van der Waals surface area contributed by atoms with E-state index in [2.05, 4.69) is 10.6 Å². The second-order valence-electron chi connectivity index (χ2n) is 8.84. The van der Waals surface area contributed by atoms with Crippen molar-refractivity contribution in [3.8, 4) is 11.5 Å². The van der Waals surface area contributed by atoms with Crippen molar-refractivity contribution in [2.24, 2.45) is 0 Å². The molecule has 1 amide bonds. The second kappa shape index (κ2) is 8.75. The Morgan fingerprint density at radius 3 is 2.44 bits per heavy atom. The maximum absolute atomic E-state index is 13.7. The largest absolute Gasteiger partial charge is 0.454 e. The highest BCUT2D eigenvalue weighted by Gasteiger charge is 2.32. The number of rotatable bonds is 4. The fourth-order valence-corrected chi connectivity index (χ4v) is 6.51. The minimum atomic E-state index is -3.74. The highest BCUT2D eigenvalue weighted by Crippen LogP contribution is 2.40. The average Bonchev–Trinajstić information content (AvgIpc) is 2.95. The van der Waals surface area contributed by atoms with E-state index in [0.29, 0.717) is 36.0 Å². The van der Waals surface area contributed by atoms with Crippen LogP contribution in [0.2, 0.25) is 0 Å². The molecule has 3 aliphatic rings. The molecule has 2 aliphatic heterocycles. The molecule has 2 fully saturated rings. The van der Waals surface area contributed by atoms with Crippen molar-refractivity contribution < 1.29 is 17.9 Å². The normalized spacial score (nSPS) is 19.8. The molecule has 0 bridgehead atoms. The summed E-state index contributed by atoms with van der Waals surface area (Å²) in [6, 6.07) is 10.6. The highest BCUT2D eigenvalue weighted by molar-refractivity contribution is 7.89. The van der Waals surface area contributed by atoms with E-state index < -0.39 is 10.0 Å². The Labute approximate surface area is 189 Å². The molecule has 7 nitrogen and oxygen atoms in total. The van der Waals surface area contributed by atoms with E-state index in [-0.39, 0.29) is 22.4 Å². The summed E-state index contributed by atoms with van der Waals surface area (Å²) in [6.07, 6.45) is 8.23. The zero-order valence-electron chi connectivity index (χ0n) is 18.1. The van der Waals surface area contributed by atoms with Crippen LogP contribution in [0.15, 0.2) is 41.3 Å². The average molecular weight is 456 g/mol. The number of benzene rings is 2. The van der Waals surface area contributed by atoms with Crippen LogP contribution in [0, 0.1) is 0 Å². The lowest BCUT2D eigenvalue weighted by molar-refractivity contribution is 0.102. The number of ether oxygens (including phenoxy) is 1. The van der Waals surface area contributed by atoms with Crippen LogP contribution in [-0.2, 0) is 10.0 Å². The third-order valence-corrected chi connectivity index (χ3v) is 8.52. The summed E-state index contributed by atoms with van der Waals surface area (Å²) in [7, 11) is -3.74. The van der Waals surface area contributed by atoms with Crippen LogP contribution in [0.3, 0.4) is 0 Å². The fourth-order valence-electron chi connectivity index (χ4n) is 4.83. The lowest BCUT2D eigenvalue weighted by atomic mass is 9.95. The number of para-hydroxylation sites is 2. The molecular formula is C24H29N3O4S. The highest BCUT2D eigenvalue weighted by atomic mass is 32.2. The summed E-state index contributed by atoms with van der Waals surface area (Å²) in [5.74, 6) is 0.530. The summed E-state index contributed by atoms with van der Waals surface area (Å²) >= 11 is 0. The number of fused-ring (bicyclic) bond motifs is 2. The minimum absolute atomic E-state index is 0.161. The van der Waals surface area contributed by atoms with E-state index in [1.54, 1.807) is 22.5 Å². The number of nitrogens with zero attached hydrogens (tertiary/aromatic N) is 1. The van der Waals surface area contributed by atoms with Crippen molar-refractivity contribution >= 4 is 27.3 Å². The van der Waals surface area contributed by atoms with Crippen molar-refractivity contribution in [2.45, 2.75) is 62.3 Å². The summed E-state index contributed by atoms with van der Waals surface area (Å²) < 4.78 is 35.0. The van der Waals surface area contributed by atoms with Gasteiger partial charge < -0.3 is 15.4 Å². The quantitative estimate of drug-likeness (QED) is 0.680. The van der Waals surface area contributed by atoms with Gasteiger partial charge in [-0.1, -0.05) is 37.8 Å². The molecule has 2 N–H and O–H groups in total. The van der Waals surface area contributed by atoms with Gasteiger partial charge in [0.05, 0.1) is 16.9 Å². The molecule has 2 aromatic carbocycles. The summed E-state index contributed by atoms with van der Waals surface area (Å²) in [5, 5.41) is 6.33. The molecule has 1 saturated carbocycles. The van der Waals surface area contributed by atoms with E-state index in [0.717, 1.165) is 44.9 Å². The maximum Gasteiger partial charge on any atom is 0.259 e. The number of sulfonamides is 1. The van der Waals surface area contributed by atoms with Gasteiger partial charge in [-0.3, -0.25) is 4.79 Å². The standard InChI is InChI=1S/C24H29N3O4S/c28-24-18-15-23(32(29,30)27-13-7-2-8-14-27)20(25-17-9-3-1-4-10-17)16-22(18)31-21-12-6-5-11-19(21)26-24/h5-6,11-12,15-17,25H,1-4,7-10,13-14H2,(H,26,28). The molecule has 170 valence electrons. The number of hydrogen-bond acceptors (Lipinski definition) is 5. The number of piperidine rings is 1. The fraction of sp³-hybridized carbons (Fsp3) is 0.458.